The van der Waals surface area contributed by atoms with Crippen LogP contribution in [-0.4, -0.2) is 111 Å². The molecule has 0 saturated carbocycles. The Morgan fingerprint density at radius 3 is 0.444 bits per heavy atom. The van der Waals surface area contributed by atoms with Gasteiger partial charge in [0.25, 0.3) is 0 Å². The van der Waals surface area contributed by atoms with Crippen molar-refractivity contribution in [1.82, 2.24) is 0 Å². The quantitative estimate of drug-likeness (QED) is 0.310. The zero-order chi connectivity index (χ0) is 0. The van der Waals surface area contributed by atoms with Crippen LogP contribution in [0, 0.1) is 0 Å². The summed E-state index contributed by atoms with van der Waals surface area (Å²) >= 11 is 0. The molecule has 0 aliphatic rings. The van der Waals surface area contributed by atoms with Crippen LogP contribution >= 0.6 is 0 Å². The Balaban J connectivity index is 0. The fourth-order valence-electron chi connectivity index (χ4n) is 0. The molecule has 0 aromatic rings. The second kappa shape index (κ2) is 81.2. The van der Waals surface area contributed by atoms with Crippen LogP contribution in [0.25, 0.3) is 0 Å². The van der Waals surface area contributed by atoms with Crippen molar-refractivity contribution in [2.24, 2.45) is 0 Å². The Hall–Kier alpha value is 4.53. The van der Waals surface area contributed by atoms with Crippen LogP contribution < -0.4 is 0 Å². The Labute approximate surface area is 148 Å². The fraction of sp³-hybridized carbons (Fsp3) is 0. The first kappa shape index (κ1) is 104. The molecule has 0 saturated heterocycles. The minimum Gasteiger partial charge on any atom is -2.00 e. The SMILES string of the molecule is [As].[As].[Ga+3].[Ga+3].[Ge].[Ge].[S-2].[S-2].[S-2]. The molecule has 0 aliphatic carbocycles. The molecule has 0 N–H and O–H groups in total. The molecule has 9 heavy (non-hydrogen) atoms. The maximum atomic E-state index is 0. The van der Waals surface area contributed by atoms with Crippen LogP contribution in [-0.2, 0) is 40.5 Å². The van der Waals surface area contributed by atoms with Gasteiger partial charge in [-0.15, -0.1) is 0 Å². The molecule has 0 aliphatic heterocycles. The predicted octanol–water partition coefficient (Wildman–Crippen LogP) is -2.29. The van der Waals surface area contributed by atoms with Crippen molar-refractivity contribution < 1.29 is 0 Å². The Morgan fingerprint density at radius 1 is 0.444 bits per heavy atom. The molecule has 0 atom stereocenters. The topological polar surface area (TPSA) is 0 Å². The molecule has 42 valence electrons. The van der Waals surface area contributed by atoms with E-state index in [2.05, 4.69) is 0 Å². The molecular formula is As2Ga2Ge2S3. The van der Waals surface area contributed by atoms with Gasteiger partial charge in [0.05, 0.1) is 0 Å². The molecule has 0 rings (SSSR count). The van der Waals surface area contributed by atoms with E-state index in [1.54, 1.807) is 0 Å². The van der Waals surface area contributed by atoms with Gasteiger partial charge < -0.3 is 40.5 Å². The second-order valence-electron chi connectivity index (χ2n) is 0. The van der Waals surface area contributed by atoms with E-state index < -0.39 is 0 Å². The third kappa shape index (κ3) is 67.8. The Kier molecular flexibility index (Phi) is 935. The van der Waals surface area contributed by atoms with E-state index in [1.165, 1.54) is 0 Å². The number of rotatable bonds is 0. The van der Waals surface area contributed by atoms with E-state index in [1.807, 2.05) is 0 Å². The van der Waals surface area contributed by atoms with Crippen molar-refractivity contribution >= 4 is 151 Å². The van der Waals surface area contributed by atoms with E-state index in [-0.39, 0.29) is 151 Å². The van der Waals surface area contributed by atoms with Gasteiger partial charge in [0.1, 0.15) is 0 Å². The Bertz CT molecular complexity index is 17.8. The zero-order valence-corrected chi connectivity index (χ0v) is 19.5. The number of hydrogen-bond donors (Lipinski definition) is 0. The van der Waals surface area contributed by atoms with E-state index >= 15 is 0 Å². The largest absolute Gasteiger partial charge is 3.00 e. The van der Waals surface area contributed by atoms with E-state index in [0.717, 1.165) is 0 Å². The van der Waals surface area contributed by atoms with Crippen molar-refractivity contribution in [2.45, 2.75) is 0 Å². The summed E-state index contributed by atoms with van der Waals surface area (Å²) in [6.45, 7) is 0. The molecule has 14 radical (unpaired) electrons. The smallest absolute Gasteiger partial charge is 2.00 e. The van der Waals surface area contributed by atoms with Crippen LogP contribution in [0.4, 0.5) is 0 Å². The summed E-state index contributed by atoms with van der Waals surface area (Å²) in [4.78, 5) is 0. The van der Waals surface area contributed by atoms with Crippen LogP contribution in [0.1, 0.15) is 0 Å². The van der Waals surface area contributed by atoms with Gasteiger partial charge in [-0.1, -0.05) is 0 Å². The standard InChI is InChI=1S/2As.2Ga.2Ge.3S/q;;2*+3;;;3*-2. The molecule has 0 fully saturated rings. The van der Waals surface area contributed by atoms with E-state index in [0.29, 0.717) is 0 Å². The summed E-state index contributed by atoms with van der Waals surface area (Å²) in [6, 6.07) is 0. The summed E-state index contributed by atoms with van der Waals surface area (Å²) < 4.78 is 0. The summed E-state index contributed by atoms with van der Waals surface area (Å²) in [5.74, 6) is 0. The zero-order valence-electron chi connectivity index (χ0n) is 4.27. The van der Waals surface area contributed by atoms with Crippen molar-refractivity contribution in [1.29, 1.82) is 0 Å². The molecule has 0 unspecified atom stereocenters. The minimum absolute atomic E-state index is 0. The Morgan fingerprint density at radius 2 is 0.444 bits per heavy atom. The van der Waals surface area contributed by atoms with E-state index in [4.69, 9.17) is 0 Å². The van der Waals surface area contributed by atoms with Crippen molar-refractivity contribution in [3.05, 3.63) is 0 Å². The van der Waals surface area contributed by atoms with Crippen molar-refractivity contribution in [2.75, 3.05) is 0 Å². The first-order valence-electron chi connectivity index (χ1n) is 0. The van der Waals surface area contributed by atoms with Gasteiger partial charge in [-0.25, -0.2) is 0 Å². The first-order valence-corrected chi connectivity index (χ1v) is 0. The molecular weight excluding hydrogens is 531 g/mol. The third-order valence-corrected chi connectivity index (χ3v) is 0. The third-order valence-electron chi connectivity index (χ3n) is 0. The monoisotopic (exact) mass is 531 g/mol. The van der Waals surface area contributed by atoms with Crippen LogP contribution in [0.3, 0.4) is 0 Å². The summed E-state index contributed by atoms with van der Waals surface area (Å²) in [7, 11) is 0. The normalized spacial score (nSPS) is 0. The van der Waals surface area contributed by atoms with Crippen LogP contribution in [0.2, 0.25) is 0 Å². The number of hydrogen-bond acceptors (Lipinski definition) is 0. The average molecular weight is 531 g/mol. The van der Waals surface area contributed by atoms with Crippen LogP contribution in [0.5, 0.6) is 0 Å². The van der Waals surface area contributed by atoms with Crippen molar-refractivity contribution in [3.63, 3.8) is 0 Å². The molecule has 0 bridgehead atoms. The van der Waals surface area contributed by atoms with Gasteiger partial charge in [-0.3, -0.25) is 0 Å². The summed E-state index contributed by atoms with van der Waals surface area (Å²) in [5, 5.41) is 0. The van der Waals surface area contributed by atoms with Gasteiger partial charge in [-0.2, -0.15) is 0 Å². The minimum atomic E-state index is 0. The maximum Gasteiger partial charge on any atom is 3.00 e. The van der Waals surface area contributed by atoms with Gasteiger partial charge in [0, 0.05) is 71.1 Å². The molecule has 0 amide bonds. The average Bonchev–Trinajstić information content (AvgIpc) is 0. The van der Waals surface area contributed by atoms with Gasteiger partial charge in [0.2, 0.25) is 0 Å². The van der Waals surface area contributed by atoms with Crippen molar-refractivity contribution in [3.8, 4) is 0 Å². The summed E-state index contributed by atoms with van der Waals surface area (Å²) in [5.41, 5.74) is 0. The van der Waals surface area contributed by atoms with Crippen LogP contribution in [0.15, 0.2) is 0 Å². The molecule has 0 spiro atoms. The second-order valence-corrected chi connectivity index (χ2v) is 0. The van der Waals surface area contributed by atoms with Gasteiger partial charge >= 0.3 is 39.6 Å². The van der Waals surface area contributed by atoms with Gasteiger partial charge in [-0.05, 0) is 0 Å². The molecule has 9 heteroatoms. The van der Waals surface area contributed by atoms with E-state index in [9.17, 15) is 0 Å². The first-order chi connectivity index (χ1) is 0. The molecule has 0 heterocycles. The fourth-order valence-corrected chi connectivity index (χ4v) is 0. The maximum absolute atomic E-state index is 0. The molecule has 0 aromatic carbocycles. The summed E-state index contributed by atoms with van der Waals surface area (Å²) in [6.07, 6.45) is 0. The molecule has 0 nitrogen and oxygen atoms in total. The van der Waals surface area contributed by atoms with Gasteiger partial charge in [0.15, 0.2) is 0 Å². The predicted molar refractivity (Wildman–Crippen MR) is 56.6 cm³/mol. The molecule has 0 aromatic heterocycles.